The summed E-state index contributed by atoms with van der Waals surface area (Å²) >= 11 is 6.22. The minimum atomic E-state index is -3.97. The molecule has 1 aliphatic heterocycles. The van der Waals surface area contributed by atoms with Crippen molar-refractivity contribution in [1.82, 2.24) is 5.32 Å². The number of hydrogen-bond donors (Lipinski definition) is 2. The van der Waals surface area contributed by atoms with Gasteiger partial charge in [0.25, 0.3) is 5.91 Å². The van der Waals surface area contributed by atoms with E-state index in [1.54, 1.807) is 0 Å². The van der Waals surface area contributed by atoms with Gasteiger partial charge in [-0.3, -0.25) is 4.79 Å². The average Bonchev–Trinajstić information content (AvgIpc) is 3.23. The van der Waals surface area contributed by atoms with Crippen LogP contribution in [0.3, 0.4) is 0 Å². The lowest BCUT2D eigenvalue weighted by atomic mass is 9.74. The molecule has 0 aromatic heterocycles. The van der Waals surface area contributed by atoms with Crippen LogP contribution < -0.4 is 10.6 Å². The molecule has 35 heavy (non-hydrogen) atoms. The normalized spacial score (nSPS) is 27.5. The molecule has 2 amide bonds. The summed E-state index contributed by atoms with van der Waals surface area (Å²) in [6, 6.07) is 4.88. The summed E-state index contributed by atoms with van der Waals surface area (Å²) in [5, 5.41) is 4.06. The maximum atomic E-state index is 13.6. The van der Waals surface area contributed by atoms with E-state index in [4.69, 9.17) is 16.3 Å². The fourth-order valence-electron chi connectivity index (χ4n) is 5.63. The number of anilines is 1. The summed E-state index contributed by atoms with van der Waals surface area (Å²) in [5.74, 6) is -5.72. The highest BCUT2D eigenvalue weighted by atomic mass is 35.5. The zero-order chi connectivity index (χ0) is 25.1. The van der Waals surface area contributed by atoms with Crippen molar-refractivity contribution in [3.63, 3.8) is 0 Å². The van der Waals surface area contributed by atoms with Gasteiger partial charge in [0.2, 0.25) is 0 Å². The van der Waals surface area contributed by atoms with E-state index < -0.39 is 50.1 Å². The summed E-state index contributed by atoms with van der Waals surface area (Å²) in [4.78, 5) is 24.1. The van der Waals surface area contributed by atoms with Gasteiger partial charge in [0.15, 0.2) is 27.3 Å². The Kier molecular flexibility index (Phi) is 5.75. The monoisotopic (exact) mass is 528 g/mol. The van der Waals surface area contributed by atoms with E-state index in [0.29, 0.717) is 18.7 Å². The first-order valence-electron chi connectivity index (χ1n) is 11.0. The number of halogens is 4. The third-order valence-corrected chi connectivity index (χ3v) is 9.97. The van der Waals surface area contributed by atoms with Crippen molar-refractivity contribution in [2.45, 2.75) is 41.4 Å². The van der Waals surface area contributed by atoms with Crippen LogP contribution in [0, 0.1) is 29.3 Å². The van der Waals surface area contributed by atoms with Crippen LogP contribution >= 0.6 is 11.6 Å². The fourth-order valence-corrected chi connectivity index (χ4v) is 8.03. The summed E-state index contributed by atoms with van der Waals surface area (Å²) < 4.78 is 72.9. The van der Waals surface area contributed by atoms with Crippen LogP contribution in [0.15, 0.2) is 35.2 Å². The number of alkyl carbamates (subject to hydrolysis) is 1. The molecular formula is C23H20ClF3N2O5S. The first kappa shape index (κ1) is 23.9. The van der Waals surface area contributed by atoms with Crippen LogP contribution in [0.5, 0.6) is 0 Å². The van der Waals surface area contributed by atoms with Gasteiger partial charge in [-0.2, -0.15) is 0 Å². The third-order valence-electron chi connectivity index (χ3n) is 7.31. The van der Waals surface area contributed by atoms with Crippen LogP contribution in [0.2, 0.25) is 5.02 Å². The Labute approximate surface area is 203 Å². The smallest absolute Gasteiger partial charge is 0.407 e. The molecule has 1 heterocycles. The van der Waals surface area contributed by atoms with Crippen molar-refractivity contribution >= 4 is 39.1 Å². The number of ether oxygens (including phenoxy) is 1. The van der Waals surface area contributed by atoms with Crippen molar-refractivity contribution in [3.8, 4) is 0 Å². The Morgan fingerprint density at radius 1 is 1.09 bits per heavy atom. The van der Waals surface area contributed by atoms with Gasteiger partial charge in [-0.25, -0.2) is 26.4 Å². The number of benzene rings is 2. The van der Waals surface area contributed by atoms with Crippen molar-refractivity contribution in [2.24, 2.45) is 11.8 Å². The van der Waals surface area contributed by atoms with Gasteiger partial charge >= 0.3 is 6.09 Å². The van der Waals surface area contributed by atoms with E-state index in [1.165, 1.54) is 12.1 Å². The second kappa shape index (κ2) is 8.41. The summed E-state index contributed by atoms with van der Waals surface area (Å²) in [6.45, 7) is 0.356. The van der Waals surface area contributed by atoms with E-state index in [-0.39, 0.29) is 45.8 Å². The molecule has 5 rings (SSSR count). The molecule has 4 atom stereocenters. The standard InChI is InChI=1S/C23H20ClF3N2O5S/c24-16-4-1-11(21(30)29-14-8-17(25)20(27)18(26)9-14)5-19(16)35(32,33)15-6-12-2-3-13(7-15)23(12)10-28-22(31)34-23/h1,4-5,8-9,12-13,15H,2-3,6-7,10H2,(H,28,31)(H,29,30)/t12-,13?,15-,23+/m0/s1. The van der Waals surface area contributed by atoms with Crippen molar-refractivity contribution in [3.05, 3.63) is 58.4 Å². The second-order valence-electron chi connectivity index (χ2n) is 9.16. The molecule has 12 heteroatoms. The molecule has 2 saturated carbocycles. The minimum absolute atomic E-state index is 0.0676. The van der Waals surface area contributed by atoms with Crippen LogP contribution in [0.4, 0.5) is 23.7 Å². The third kappa shape index (κ3) is 3.94. The van der Waals surface area contributed by atoms with Crippen LogP contribution in [0.1, 0.15) is 36.0 Å². The molecule has 3 aliphatic rings. The lowest BCUT2D eigenvalue weighted by Gasteiger charge is -2.41. The van der Waals surface area contributed by atoms with Gasteiger partial charge in [0, 0.05) is 35.2 Å². The number of carbonyl (C=O) groups is 2. The first-order valence-corrected chi connectivity index (χ1v) is 12.9. The second-order valence-corrected chi connectivity index (χ2v) is 11.8. The maximum Gasteiger partial charge on any atom is 0.407 e. The molecule has 7 nitrogen and oxygen atoms in total. The van der Waals surface area contributed by atoms with E-state index in [0.717, 1.165) is 18.9 Å². The number of carbonyl (C=O) groups excluding carboxylic acids is 2. The van der Waals surface area contributed by atoms with Gasteiger partial charge in [0.05, 0.1) is 21.7 Å². The molecule has 1 unspecified atom stereocenters. The van der Waals surface area contributed by atoms with Gasteiger partial charge in [-0.15, -0.1) is 0 Å². The quantitative estimate of drug-likeness (QED) is 0.571. The molecule has 0 radical (unpaired) electrons. The van der Waals surface area contributed by atoms with Gasteiger partial charge in [-0.05, 0) is 43.9 Å². The van der Waals surface area contributed by atoms with Crippen LogP contribution in [-0.4, -0.2) is 37.8 Å². The molecule has 2 N–H and O–H groups in total. The predicted octanol–water partition coefficient (Wildman–Crippen LogP) is 4.45. The van der Waals surface area contributed by atoms with Crippen molar-refractivity contribution < 1.29 is 35.9 Å². The number of rotatable bonds is 4. The SMILES string of the molecule is O=C1NC[C@]2(O1)C1CC[C@H]2C[C@H](S(=O)(=O)c2cc(C(=O)Nc3cc(F)c(F)c(F)c3)ccc2Cl)C1. The van der Waals surface area contributed by atoms with Crippen LogP contribution in [0.25, 0.3) is 0 Å². The van der Waals surface area contributed by atoms with Crippen LogP contribution in [-0.2, 0) is 14.6 Å². The Balaban J connectivity index is 1.40. The first-order chi connectivity index (χ1) is 16.5. The number of nitrogens with one attached hydrogen (secondary N) is 2. The highest BCUT2D eigenvalue weighted by Crippen LogP contribution is 2.54. The fraction of sp³-hybridized carbons (Fsp3) is 0.391. The molecule has 1 saturated heterocycles. The molecule has 2 bridgehead atoms. The number of amides is 2. The highest BCUT2D eigenvalue weighted by Gasteiger charge is 2.61. The topological polar surface area (TPSA) is 102 Å². The van der Waals surface area contributed by atoms with Gasteiger partial charge in [0.1, 0.15) is 5.60 Å². The Bertz CT molecular complexity index is 1320. The minimum Gasteiger partial charge on any atom is -0.440 e. The maximum absolute atomic E-state index is 13.6. The molecule has 2 aliphatic carbocycles. The van der Waals surface area contributed by atoms with E-state index in [1.807, 2.05) is 0 Å². The zero-order valence-electron chi connectivity index (χ0n) is 18.1. The molecule has 3 fully saturated rings. The van der Waals surface area contributed by atoms with Crippen molar-refractivity contribution in [2.75, 3.05) is 11.9 Å². The van der Waals surface area contributed by atoms with Gasteiger partial charge in [-0.1, -0.05) is 11.6 Å². The highest BCUT2D eigenvalue weighted by molar-refractivity contribution is 7.92. The summed E-state index contributed by atoms with van der Waals surface area (Å²) in [5.41, 5.74) is -1.13. The Morgan fingerprint density at radius 2 is 1.71 bits per heavy atom. The molecule has 2 aromatic carbocycles. The molecule has 186 valence electrons. The Morgan fingerprint density at radius 3 is 2.29 bits per heavy atom. The lowest BCUT2D eigenvalue weighted by Crippen LogP contribution is -2.50. The summed E-state index contributed by atoms with van der Waals surface area (Å²) in [6.07, 6.45) is 1.56. The Hall–Kier alpha value is -2.79. The predicted molar refractivity (Wildman–Crippen MR) is 119 cm³/mol. The number of hydrogen-bond acceptors (Lipinski definition) is 5. The van der Waals surface area contributed by atoms with E-state index >= 15 is 0 Å². The zero-order valence-corrected chi connectivity index (χ0v) is 19.7. The largest absolute Gasteiger partial charge is 0.440 e. The molecule has 2 aromatic rings. The molecular weight excluding hydrogens is 509 g/mol. The lowest BCUT2D eigenvalue weighted by molar-refractivity contribution is -0.0314. The molecule has 1 spiro atoms. The van der Waals surface area contributed by atoms with Crippen molar-refractivity contribution in [1.29, 1.82) is 0 Å². The average molecular weight is 529 g/mol. The van der Waals surface area contributed by atoms with E-state index in [2.05, 4.69) is 10.6 Å². The van der Waals surface area contributed by atoms with E-state index in [9.17, 15) is 31.2 Å². The summed E-state index contributed by atoms with van der Waals surface area (Å²) in [7, 11) is -3.97. The van der Waals surface area contributed by atoms with Gasteiger partial charge < -0.3 is 15.4 Å². The number of sulfone groups is 1.